The van der Waals surface area contributed by atoms with Crippen molar-refractivity contribution in [3.05, 3.63) is 28.6 Å². The van der Waals surface area contributed by atoms with Crippen molar-refractivity contribution in [1.29, 1.82) is 0 Å². The van der Waals surface area contributed by atoms with E-state index < -0.39 is 4.92 Å². The normalized spacial score (nSPS) is 12.1. The van der Waals surface area contributed by atoms with Gasteiger partial charge in [-0.05, 0) is 13.0 Å². The first-order valence-electron chi connectivity index (χ1n) is 4.50. The van der Waals surface area contributed by atoms with E-state index in [9.17, 15) is 10.1 Å². The fourth-order valence-electron chi connectivity index (χ4n) is 1.02. The van der Waals surface area contributed by atoms with Gasteiger partial charge in [-0.15, -0.1) is 0 Å². The highest BCUT2D eigenvalue weighted by Crippen LogP contribution is 2.21. The van der Waals surface area contributed by atoms with E-state index in [4.69, 9.17) is 4.74 Å². The molecule has 0 aromatic carbocycles. The Morgan fingerprint density at radius 1 is 1.73 bits per heavy atom. The molecule has 0 spiro atoms. The van der Waals surface area contributed by atoms with Gasteiger partial charge in [0, 0.05) is 19.9 Å². The van der Waals surface area contributed by atoms with Gasteiger partial charge in [0.25, 0.3) is 0 Å². The van der Waals surface area contributed by atoms with Crippen LogP contribution in [0.5, 0.6) is 0 Å². The van der Waals surface area contributed by atoms with Crippen molar-refractivity contribution in [3.8, 4) is 0 Å². The third kappa shape index (κ3) is 3.17. The molecule has 0 bridgehead atoms. The predicted molar refractivity (Wildman–Crippen MR) is 55.9 cm³/mol. The lowest BCUT2D eigenvalue weighted by atomic mass is 10.3. The van der Waals surface area contributed by atoms with Crippen molar-refractivity contribution in [3.63, 3.8) is 0 Å². The van der Waals surface area contributed by atoms with E-state index in [1.54, 1.807) is 13.2 Å². The zero-order valence-corrected chi connectivity index (χ0v) is 8.64. The Morgan fingerprint density at radius 3 is 3.07 bits per heavy atom. The average Bonchev–Trinajstić information content (AvgIpc) is 2.26. The van der Waals surface area contributed by atoms with E-state index >= 15 is 0 Å². The van der Waals surface area contributed by atoms with Gasteiger partial charge in [-0.3, -0.25) is 15.1 Å². The van der Waals surface area contributed by atoms with E-state index in [-0.39, 0.29) is 11.8 Å². The summed E-state index contributed by atoms with van der Waals surface area (Å²) in [6.45, 7) is 2.39. The van der Waals surface area contributed by atoms with E-state index in [1.807, 2.05) is 6.92 Å². The summed E-state index contributed by atoms with van der Waals surface area (Å²) in [4.78, 5) is 13.9. The molecule has 0 saturated carbocycles. The van der Waals surface area contributed by atoms with Crippen molar-refractivity contribution < 1.29 is 9.66 Å². The Balaban J connectivity index is 2.72. The molecular weight excluding hydrogens is 198 g/mol. The second kappa shape index (κ2) is 5.26. The van der Waals surface area contributed by atoms with Crippen LogP contribution in [0, 0.1) is 10.1 Å². The molecule has 0 amide bonds. The summed E-state index contributed by atoms with van der Waals surface area (Å²) in [5, 5.41) is 13.6. The molecule has 6 heteroatoms. The van der Waals surface area contributed by atoms with Crippen molar-refractivity contribution in [1.82, 2.24) is 4.98 Å². The first kappa shape index (κ1) is 11.4. The highest BCUT2D eigenvalue weighted by Gasteiger charge is 2.13. The zero-order chi connectivity index (χ0) is 11.3. The van der Waals surface area contributed by atoms with Crippen molar-refractivity contribution in [2.45, 2.75) is 13.0 Å². The Labute approximate surface area is 87.4 Å². The lowest BCUT2D eigenvalue weighted by Crippen LogP contribution is -2.18. The Hall–Kier alpha value is -1.69. The molecule has 1 rings (SSSR count). The number of hydrogen-bond acceptors (Lipinski definition) is 5. The number of methoxy groups -OCH3 is 1. The molecule has 0 saturated heterocycles. The number of rotatable bonds is 5. The number of hydrogen-bond donors (Lipinski definition) is 1. The first-order valence-corrected chi connectivity index (χ1v) is 4.50. The molecule has 15 heavy (non-hydrogen) atoms. The van der Waals surface area contributed by atoms with Crippen molar-refractivity contribution >= 4 is 11.4 Å². The van der Waals surface area contributed by atoms with E-state index in [2.05, 4.69) is 10.3 Å². The SMILES string of the molecule is COC(C)CNc1ccncc1[N+](=O)[O-]. The summed E-state index contributed by atoms with van der Waals surface area (Å²) >= 11 is 0. The van der Waals surface area contributed by atoms with Gasteiger partial charge in [0.15, 0.2) is 0 Å². The average molecular weight is 211 g/mol. The molecule has 1 unspecified atom stereocenters. The molecule has 1 atom stereocenters. The third-order valence-corrected chi connectivity index (χ3v) is 1.98. The van der Waals surface area contributed by atoms with Crippen molar-refractivity contribution in [2.24, 2.45) is 0 Å². The Kier molecular flexibility index (Phi) is 3.99. The number of nitrogens with zero attached hydrogens (tertiary/aromatic N) is 2. The number of ether oxygens (including phenoxy) is 1. The molecule has 0 radical (unpaired) electrons. The third-order valence-electron chi connectivity index (χ3n) is 1.98. The summed E-state index contributed by atoms with van der Waals surface area (Å²) in [7, 11) is 1.59. The van der Waals surface area contributed by atoms with Gasteiger partial charge in [-0.25, -0.2) is 0 Å². The van der Waals surface area contributed by atoms with Crippen LogP contribution < -0.4 is 5.32 Å². The van der Waals surface area contributed by atoms with Crippen LogP contribution in [0.25, 0.3) is 0 Å². The quantitative estimate of drug-likeness (QED) is 0.589. The van der Waals surface area contributed by atoms with Gasteiger partial charge in [0.05, 0.1) is 11.0 Å². The molecule has 0 aliphatic carbocycles. The number of pyridine rings is 1. The molecule has 0 fully saturated rings. The maximum absolute atomic E-state index is 10.6. The Morgan fingerprint density at radius 2 is 2.47 bits per heavy atom. The van der Waals surface area contributed by atoms with Crippen LogP contribution in [0.4, 0.5) is 11.4 Å². The summed E-state index contributed by atoms with van der Waals surface area (Å²) in [6, 6.07) is 1.57. The van der Waals surface area contributed by atoms with Crippen LogP contribution in [0.3, 0.4) is 0 Å². The highest BCUT2D eigenvalue weighted by atomic mass is 16.6. The lowest BCUT2D eigenvalue weighted by Gasteiger charge is -2.11. The minimum atomic E-state index is -0.465. The number of aromatic nitrogens is 1. The minimum Gasteiger partial charge on any atom is -0.380 e. The maximum atomic E-state index is 10.6. The van der Waals surface area contributed by atoms with Gasteiger partial charge in [0.1, 0.15) is 11.9 Å². The summed E-state index contributed by atoms with van der Waals surface area (Å²) in [5.41, 5.74) is 0.430. The maximum Gasteiger partial charge on any atom is 0.310 e. The van der Waals surface area contributed by atoms with Gasteiger partial charge < -0.3 is 10.1 Å². The fraction of sp³-hybridized carbons (Fsp3) is 0.444. The number of nitro groups is 1. The van der Waals surface area contributed by atoms with Gasteiger partial charge >= 0.3 is 5.69 Å². The van der Waals surface area contributed by atoms with Crippen LogP contribution >= 0.6 is 0 Å². The molecular formula is C9H13N3O3. The van der Waals surface area contributed by atoms with Crippen LogP contribution in [0.2, 0.25) is 0 Å². The van der Waals surface area contributed by atoms with Gasteiger partial charge in [-0.1, -0.05) is 0 Å². The number of nitrogens with one attached hydrogen (secondary N) is 1. The summed E-state index contributed by atoms with van der Waals surface area (Å²) in [6.07, 6.45) is 2.73. The standard InChI is InChI=1S/C9H13N3O3/c1-7(15-2)5-11-8-3-4-10-6-9(8)12(13)14/h3-4,6-7H,5H2,1-2H3,(H,10,11). The molecule has 1 heterocycles. The van der Waals surface area contributed by atoms with Gasteiger partial charge in [0.2, 0.25) is 0 Å². The van der Waals surface area contributed by atoms with Gasteiger partial charge in [-0.2, -0.15) is 0 Å². The van der Waals surface area contributed by atoms with E-state index in [1.165, 1.54) is 12.4 Å². The van der Waals surface area contributed by atoms with Crippen LogP contribution in [-0.2, 0) is 4.74 Å². The summed E-state index contributed by atoms with van der Waals surface area (Å²) in [5.74, 6) is 0. The minimum absolute atomic E-state index is 0.00207. The second-order valence-electron chi connectivity index (χ2n) is 3.08. The fourth-order valence-corrected chi connectivity index (χ4v) is 1.02. The van der Waals surface area contributed by atoms with E-state index in [0.29, 0.717) is 12.2 Å². The van der Waals surface area contributed by atoms with E-state index in [0.717, 1.165) is 0 Å². The molecule has 1 N–H and O–H groups in total. The van der Waals surface area contributed by atoms with Crippen LogP contribution in [0.15, 0.2) is 18.5 Å². The molecule has 1 aromatic heterocycles. The monoisotopic (exact) mass is 211 g/mol. The highest BCUT2D eigenvalue weighted by molar-refractivity contribution is 5.59. The lowest BCUT2D eigenvalue weighted by molar-refractivity contribution is -0.384. The largest absolute Gasteiger partial charge is 0.380 e. The first-order chi connectivity index (χ1) is 7.15. The molecule has 0 aliphatic rings. The number of anilines is 1. The molecule has 1 aromatic rings. The zero-order valence-electron chi connectivity index (χ0n) is 8.64. The molecule has 0 aliphatic heterocycles. The smallest absolute Gasteiger partial charge is 0.310 e. The Bertz CT molecular complexity index is 343. The predicted octanol–water partition coefficient (Wildman–Crippen LogP) is 1.44. The topological polar surface area (TPSA) is 77.3 Å². The van der Waals surface area contributed by atoms with Crippen LogP contribution in [-0.4, -0.2) is 29.7 Å². The van der Waals surface area contributed by atoms with Crippen molar-refractivity contribution in [2.75, 3.05) is 19.0 Å². The molecule has 6 nitrogen and oxygen atoms in total. The second-order valence-corrected chi connectivity index (χ2v) is 3.08. The molecule has 82 valence electrons. The summed E-state index contributed by atoms with van der Waals surface area (Å²) < 4.78 is 5.02. The van der Waals surface area contributed by atoms with Crippen LogP contribution in [0.1, 0.15) is 6.92 Å².